The summed E-state index contributed by atoms with van der Waals surface area (Å²) in [5.74, 6) is -1.52. The van der Waals surface area contributed by atoms with Crippen LogP contribution >= 0.6 is 15.9 Å². The quantitative estimate of drug-likeness (QED) is 0.396. The van der Waals surface area contributed by atoms with Crippen molar-refractivity contribution in [3.8, 4) is 0 Å². The normalized spacial score (nSPS) is 11.3. The van der Waals surface area contributed by atoms with E-state index in [0.29, 0.717) is 10.0 Å². The molecule has 0 spiro atoms. The number of nitrogens with one attached hydrogen (secondary N) is 1. The van der Waals surface area contributed by atoms with Crippen LogP contribution in [0.4, 0.5) is 0 Å². The summed E-state index contributed by atoms with van der Waals surface area (Å²) in [7, 11) is 0. The Hall–Kier alpha value is -3.45. The first-order valence-electron chi connectivity index (χ1n) is 10.5. The topological polar surface area (TPSA) is 81.7 Å². The van der Waals surface area contributed by atoms with Crippen LogP contribution in [-0.2, 0) is 32.3 Å². The molecule has 0 aliphatic rings. The summed E-state index contributed by atoms with van der Waals surface area (Å²) in [4.78, 5) is 37.7. The molecule has 6 nitrogen and oxygen atoms in total. The molecule has 0 bridgehead atoms. The van der Waals surface area contributed by atoms with Gasteiger partial charge >= 0.3 is 11.9 Å². The highest BCUT2D eigenvalue weighted by Gasteiger charge is 2.25. The number of hydrogen-bond acceptors (Lipinski definition) is 5. The van der Waals surface area contributed by atoms with E-state index in [9.17, 15) is 14.4 Å². The van der Waals surface area contributed by atoms with Crippen LogP contribution in [-0.4, -0.2) is 23.9 Å². The first-order chi connectivity index (χ1) is 16.0. The SMILES string of the molecule is O=C(CC[C@@H](NC(=O)c1ccccc1Br)C(=O)OCc1ccccc1)OCc1ccccc1. The summed E-state index contributed by atoms with van der Waals surface area (Å²) in [6.45, 7) is 0.214. The van der Waals surface area contributed by atoms with Crippen LogP contribution < -0.4 is 5.32 Å². The predicted molar refractivity (Wildman–Crippen MR) is 127 cm³/mol. The molecule has 3 rings (SSSR count). The van der Waals surface area contributed by atoms with Gasteiger partial charge in [-0.1, -0.05) is 72.8 Å². The van der Waals surface area contributed by atoms with Gasteiger partial charge in [-0.15, -0.1) is 0 Å². The van der Waals surface area contributed by atoms with Crippen molar-refractivity contribution in [2.45, 2.75) is 32.1 Å². The van der Waals surface area contributed by atoms with Gasteiger partial charge in [0.15, 0.2) is 0 Å². The van der Waals surface area contributed by atoms with E-state index in [2.05, 4.69) is 21.2 Å². The summed E-state index contributed by atoms with van der Waals surface area (Å²) in [5, 5.41) is 2.69. The zero-order valence-electron chi connectivity index (χ0n) is 17.9. The van der Waals surface area contributed by atoms with E-state index in [1.54, 1.807) is 24.3 Å². The summed E-state index contributed by atoms with van der Waals surface area (Å²) in [6.07, 6.45) is 0.00557. The number of carbonyl (C=O) groups excluding carboxylic acids is 3. The molecule has 1 amide bonds. The molecule has 1 N–H and O–H groups in total. The van der Waals surface area contributed by atoms with Gasteiger partial charge in [-0.05, 0) is 45.6 Å². The Morgan fingerprint density at radius 1 is 0.758 bits per heavy atom. The molecular formula is C26H24BrNO5. The van der Waals surface area contributed by atoms with Gasteiger partial charge in [0, 0.05) is 10.9 Å². The molecule has 3 aromatic rings. The Labute approximate surface area is 201 Å². The summed E-state index contributed by atoms with van der Waals surface area (Å²) < 4.78 is 11.3. The number of ether oxygens (including phenoxy) is 2. The van der Waals surface area contributed by atoms with Crippen LogP contribution in [0.1, 0.15) is 34.3 Å². The van der Waals surface area contributed by atoms with Crippen LogP contribution in [0.3, 0.4) is 0 Å². The second kappa shape index (κ2) is 12.6. The summed E-state index contributed by atoms with van der Waals surface area (Å²) in [6, 6.07) is 24.4. The van der Waals surface area contributed by atoms with Crippen molar-refractivity contribution in [3.63, 3.8) is 0 Å². The fraction of sp³-hybridized carbons (Fsp3) is 0.192. The maximum atomic E-state index is 12.8. The van der Waals surface area contributed by atoms with E-state index < -0.39 is 23.9 Å². The van der Waals surface area contributed by atoms with Crippen molar-refractivity contribution >= 4 is 33.8 Å². The molecule has 7 heteroatoms. The molecule has 1 atom stereocenters. The summed E-state index contributed by atoms with van der Waals surface area (Å²) in [5.41, 5.74) is 2.07. The van der Waals surface area contributed by atoms with Crippen LogP contribution in [0.2, 0.25) is 0 Å². The molecule has 3 aromatic carbocycles. The minimum atomic E-state index is -1.00. The monoisotopic (exact) mass is 509 g/mol. The smallest absolute Gasteiger partial charge is 0.328 e. The van der Waals surface area contributed by atoms with Crippen LogP contribution in [0.15, 0.2) is 89.4 Å². The lowest BCUT2D eigenvalue weighted by atomic mass is 10.1. The molecule has 0 saturated carbocycles. The third-order valence-electron chi connectivity index (χ3n) is 4.81. The fourth-order valence-electron chi connectivity index (χ4n) is 3.03. The Balaban J connectivity index is 1.61. The highest BCUT2D eigenvalue weighted by molar-refractivity contribution is 9.10. The number of rotatable bonds is 10. The third-order valence-corrected chi connectivity index (χ3v) is 5.50. The van der Waals surface area contributed by atoms with Crippen molar-refractivity contribution in [2.24, 2.45) is 0 Å². The number of halogens is 1. The molecule has 0 unspecified atom stereocenters. The Bertz CT molecular complexity index is 1070. The van der Waals surface area contributed by atoms with Crippen molar-refractivity contribution in [3.05, 3.63) is 106 Å². The number of hydrogen-bond donors (Lipinski definition) is 1. The van der Waals surface area contributed by atoms with E-state index in [0.717, 1.165) is 11.1 Å². The Morgan fingerprint density at radius 3 is 1.91 bits per heavy atom. The first-order valence-corrected chi connectivity index (χ1v) is 11.3. The molecule has 0 aliphatic heterocycles. The van der Waals surface area contributed by atoms with Gasteiger partial charge in [-0.25, -0.2) is 4.79 Å². The van der Waals surface area contributed by atoms with E-state index in [1.165, 1.54) is 0 Å². The number of esters is 2. The van der Waals surface area contributed by atoms with Gasteiger partial charge in [0.1, 0.15) is 19.3 Å². The Kier molecular flexibility index (Phi) is 9.20. The van der Waals surface area contributed by atoms with E-state index >= 15 is 0 Å². The number of carbonyl (C=O) groups is 3. The van der Waals surface area contributed by atoms with Gasteiger partial charge < -0.3 is 14.8 Å². The van der Waals surface area contributed by atoms with Crippen molar-refractivity contribution < 1.29 is 23.9 Å². The molecule has 170 valence electrons. The van der Waals surface area contributed by atoms with Crippen LogP contribution in [0.25, 0.3) is 0 Å². The van der Waals surface area contributed by atoms with Gasteiger partial charge in [-0.3, -0.25) is 9.59 Å². The Morgan fingerprint density at radius 2 is 1.30 bits per heavy atom. The lowest BCUT2D eigenvalue weighted by molar-refractivity contribution is -0.148. The van der Waals surface area contributed by atoms with Crippen LogP contribution in [0, 0.1) is 0 Å². The van der Waals surface area contributed by atoms with Gasteiger partial charge in [0.05, 0.1) is 5.56 Å². The molecule has 0 aromatic heterocycles. The maximum absolute atomic E-state index is 12.8. The first kappa shape index (κ1) is 24.2. The number of benzene rings is 3. The predicted octanol–water partition coefficient (Wildman–Crippen LogP) is 4.81. The molecule has 33 heavy (non-hydrogen) atoms. The van der Waals surface area contributed by atoms with E-state index in [1.807, 2.05) is 60.7 Å². The molecule has 0 fully saturated rings. The van der Waals surface area contributed by atoms with Crippen molar-refractivity contribution in [1.29, 1.82) is 0 Å². The van der Waals surface area contributed by atoms with Gasteiger partial charge in [0.2, 0.25) is 0 Å². The second-order valence-corrected chi connectivity index (χ2v) is 8.14. The number of amides is 1. The minimum Gasteiger partial charge on any atom is -0.461 e. The maximum Gasteiger partial charge on any atom is 0.328 e. The lowest BCUT2D eigenvalue weighted by Crippen LogP contribution is -2.42. The average Bonchev–Trinajstić information content (AvgIpc) is 2.85. The largest absolute Gasteiger partial charge is 0.461 e. The summed E-state index contributed by atoms with van der Waals surface area (Å²) >= 11 is 3.34. The van der Waals surface area contributed by atoms with E-state index in [-0.39, 0.29) is 26.1 Å². The van der Waals surface area contributed by atoms with E-state index in [4.69, 9.17) is 9.47 Å². The zero-order chi connectivity index (χ0) is 23.5. The van der Waals surface area contributed by atoms with Gasteiger partial charge in [0.25, 0.3) is 5.91 Å². The van der Waals surface area contributed by atoms with Crippen molar-refractivity contribution in [2.75, 3.05) is 0 Å². The molecule has 0 saturated heterocycles. The molecular weight excluding hydrogens is 486 g/mol. The van der Waals surface area contributed by atoms with Crippen LogP contribution in [0.5, 0.6) is 0 Å². The lowest BCUT2D eigenvalue weighted by Gasteiger charge is -2.18. The highest BCUT2D eigenvalue weighted by Crippen LogP contribution is 2.16. The zero-order valence-corrected chi connectivity index (χ0v) is 19.5. The standard InChI is InChI=1S/C26H24BrNO5/c27-22-14-8-7-13-21(22)25(30)28-23(26(31)33-18-20-11-5-2-6-12-20)15-16-24(29)32-17-19-9-3-1-4-10-19/h1-14,23H,15-18H2,(H,28,30)/t23-/m1/s1. The molecule has 0 heterocycles. The fourth-order valence-corrected chi connectivity index (χ4v) is 3.50. The molecule has 0 aliphatic carbocycles. The third kappa shape index (κ3) is 7.88. The highest BCUT2D eigenvalue weighted by atomic mass is 79.9. The average molecular weight is 510 g/mol. The van der Waals surface area contributed by atoms with Gasteiger partial charge in [-0.2, -0.15) is 0 Å². The van der Waals surface area contributed by atoms with Crippen molar-refractivity contribution in [1.82, 2.24) is 5.32 Å². The minimum absolute atomic E-state index is 0.0474. The second-order valence-electron chi connectivity index (χ2n) is 7.28. The molecule has 0 radical (unpaired) electrons.